The Labute approximate surface area is 113 Å². The van der Waals surface area contributed by atoms with Crippen LogP contribution in [-0.2, 0) is 4.74 Å². The first-order chi connectivity index (χ1) is 8.78. The molecule has 6 nitrogen and oxygen atoms in total. The second kappa shape index (κ2) is 6.26. The highest BCUT2D eigenvalue weighted by Crippen LogP contribution is 2.11. The second-order valence-electron chi connectivity index (χ2n) is 5.17. The van der Waals surface area contributed by atoms with Crippen molar-refractivity contribution in [2.24, 2.45) is 0 Å². The lowest BCUT2D eigenvalue weighted by molar-refractivity contribution is 0.0278. The Bertz CT molecular complexity index is 412. The van der Waals surface area contributed by atoms with E-state index in [1.165, 1.54) is 4.90 Å². The number of likely N-dealkylation sites (N-methyl/N-ethyl adjacent to an activating group) is 1. The molecule has 0 aromatic carbocycles. The van der Waals surface area contributed by atoms with Crippen LogP contribution in [0.5, 0.6) is 5.75 Å². The van der Waals surface area contributed by atoms with Gasteiger partial charge in [0.25, 0.3) is 0 Å². The van der Waals surface area contributed by atoms with Crippen molar-refractivity contribution >= 4 is 11.9 Å². The summed E-state index contributed by atoms with van der Waals surface area (Å²) in [7, 11) is 1.67. The van der Waals surface area contributed by atoms with Crippen LogP contribution >= 0.6 is 0 Å². The molecular formula is C13H21N3O3. The third-order valence-corrected chi connectivity index (χ3v) is 2.16. The van der Waals surface area contributed by atoms with Crippen LogP contribution in [0.1, 0.15) is 20.8 Å². The molecule has 1 amide bonds. The van der Waals surface area contributed by atoms with E-state index in [1.807, 2.05) is 20.8 Å². The molecule has 0 aliphatic carbocycles. The number of carbonyl (C=O) groups is 1. The third-order valence-electron chi connectivity index (χ3n) is 2.16. The summed E-state index contributed by atoms with van der Waals surface area (Å²) < 4.78 is 10.7. The van der Waals surface area contributed by atoms with E-state index in [1.54, 1.807) is 25.4 Å². The predicted molar refractivity (Wildman–Crippen MR) is 73.0 cm³/mol. The molecule has 0 bridgehead atoms. The molecule has 0 aliphatic rings. The number of aromatic nitrogens is 1. The van der Waals surface area contributed by atoms with Crippen LogP contribution in [-0.4, -0.2) is 41.8 Å². The van der Waals surface area contributed by atoms with E-state index >= 15 is 0 Å². The number of nitrogens with two attached hydrogens (primary N) is 1. The smallest absolute Gasteiger partial charge is 0.410 e. The van der Waals surface area contributed by atoms with Gasteiger partial charge in [-0.3, -0.25) is 0 Å². The molecular weight excluding hydrogens is 246 g/mol. The summed E-state index contributed by atoms with van der Waals surface area (Å²) in [6, 6.07) is 3.39. The van der Waals surface area contributed by atoms with E-state index in [2.05, 4.69) is 4.98 Å². The molecule has 1 heterocycles. The lowest BCUT2D eigenvalue weighted by Gasteiger charge is -2.24. The molecule has 0 atom stereocenters. The lowest BCUT2D eigenvalue weighted by atomic mass is 10.2. The Kier molecular flexibility index (Phi) is 4.97. The van der Waals surface area contributed by atoms with Crippen molar-refractivity contribution in [2.75, 3.05) is 25.9 Å². The molecule has 19 heavy (non-hydrogen) atoms. The number of rotatable bonds is 4. The summed E-state index contributed by atoms with van der Waals surface area (Å²) in [6.45, 7) is 6.28. The van der Waals surface area contributed by atoms with E-state index in [-0.39, 0.29) is 6.09 Å². The highest BCUT2D eigenvalue weighted by molar-refractivity contribution is 5.67. The maximum atomic E-state index is 11.7. The van der Waals surface area contributed by atoms with Crippen LogP contribution < -0.4 is 10.5 Å². The topological polar surface area (TPSA) is 77.7 Å². The van der Waals surface area contributed by atoms with Gasteiger partial charge in [-0.15, -0.1) is 0 Å². The Hall–Kier alpha value is -1.98. The summed E-state index contributed by atoms with van der Waals surface area (Å²) in [6.07, 6.45) is 1.18. The predicted octanol–water partition coefficient (Wildman–Crippen LogP) is 1.91. The molecule has 1 aromatic heterocycles. The van der Waals surface area contributed by atoms with E-state index in [4.69, 9.17) is 15.2 Å². The summed E-state index contributed by atoms with van der Waals surface area (Å²) in [5, 5.41) is 0. The number of amides is 1. The fraction of sp³-hybridized carbons (Fsp3) is 0.538. The number of nitrogen functional groups attached to an aromatic ring is 1. The van der Waals surface area contributed by atoms with Gasteiger partial charge in [0.15, 0.2) is 0 Å². The molecule has 0 fully saturated rings. The van der Waals surface area contributed by atoms with Crippen LogP contribution in [0.25, 0.3) is 0 Å². The van der Waals surface area contributed by atoms with Crippen molar-refractivity contribution in [2.45, 2.75) is 26.4 Å². The van der Waals surface area contributed by atoms with Gasteiger partial charge in [0.1, 0.15) is 23.8 Å². The molecule has 0 saturated carbocycles. The summed E-state index contributed by atoms with van der Waals surface area (Å²) in [5.74, 6) is 1.06. The number of pyridine rings is 1. The van der Waals surface area contributed by atoms with Gasteiger partial charge < -0.3 is 20.1 Å². The zero-order valence-electron chi connectivity index (χ0n) is 11.8. The molecule has 0 unspecified atom stereocenters. The zero-order valence-corrected chi connectivity index (χ0v) is 11.8. The summed E-state index contributed by atoms with van der Waals surface area (Å²) >= 11 is 0. The minimum atomic E-state index is -0.493. The van der Waals surface area contributed by atoms with E-state index < -0.39 is 5.60 Å². The van der Waals surface area contributed by atoms with Gasteiger partial charge in [-0.1, -0.05) is 0 Å². The molecule has 1 aromatic rings. The Morgan fingerprint density at radius 2 is 2.11 bits per heavy atom. The molecule has 6 heteroatoms. The first-order valence-corrected chi connectivity index (χ1v) is 6.06. The minimum absolute atomic E-state index is 0.362. The quantitative estimate of drug-likeness (QED) is 0.901. The molecule has 2 N–H and O–H groups in total. The lowest BCUT2D eigenvalue weighted by Crippen LogP contribution is -2.36. The Morgan fingerprint density at radius 1 is 1.42 bits per heavy atom. The number of hydrogen-bond acceptors (Lipinski definition) is 5. The monoisotopic (exact) mass is 267 g/mol. The van der Waals surface area contributed by atoms with Gasteiger partial charge in [0.05, 0.1) is 12.7 Å². The minimum Gasteiger partial charge on any atom is -0.490 e. The molecule has 106 valence electrons. The van der Waals surface area contributed by atoms with Crippen molar-refractivity contribution in [1.29, 1.82) is 0 Å². The van der Waals surface area contributed by atoms with Gasteiger partial charge in [0.2, 0.25) is 0 Å². The molecule has 0 spiro atoms. The maximum absolute atomic E-state index is 11.7. The zero-order chi connectivity index (χ0) is 14.5. The highest BCUT2D eigenvalue weighted by Gasteiger charge is 2.19. The van der Waals surface area contributed by atoms with Gasteiger partial charge in [-0.05, 0) is 32.9 Å². The van der Waals surface area contributed by atoms with Gasteiger partial charge in [-0.2, -0.15) is 0 Å². The standard InChI is InChI=1S/C13H21N3O3/c1-13(2,3)19-12(17)16(4)7-8-18-10-5-6-11(14)15-9-10/h5-6,9H,7-8H2,1-4H3,(H2,14,15). The number of hydrogen-bond donors (Lipinski definition) is 1. The average Bonchev–Trinajstić information content (AvgIpc) is 2.29. The highest BCUT2D eigenvalue weighted by atomic mass is 16.6. The van der Waals surface area contributed by atoms with E-state index in [9.17, 15) is 4.79 Å². The van der Waals surface area contributed by atoms with Crippen molar-refractivity contribution in [3.63, 3.8) is 0 Å². The van der Waals surface area contributed by atoms with Crippen LogP contribution in [0.4, 0.5) is 10.6 Å². The molecule has 0 radical (unpaired) electrons. The normalized spacial score (nSPS) is 10.9. The summed E-state index contributed by atoms with van der Waals surface area (Å²) in [4.78, 5) is 17.0. The number of nitrogens with zero attached hydrogens (tertiary/aromatic N) is 2. The summed E-state index contributed by atoms with van der Waals surface area (Å²) in [5.41, 5.74) is 4.97. The molecule has 1 rings (SSSR count). The SMILES string of the molecule is CN(CCOc1ccc(N)nc1)C(=O)OC(C)(C)C. The van der Waals surface area contributed by atoms with Crippen molar-refractivity contribution < 1.29 is 14.3 Å². The van der Waals surface area contributed by atoms with Gasteiger partial charge in [-0.25, -0.2) is 9.78 Å². The van der Waals surface area contributed by atoms with Crippen molar-refractivity contribution in [3.05, 3.63) is 18.3 Å². The number of anilines is 1. The Morgan fingerprint density at radius 3 is 2.63 bits per heavy atom. The third kappa shape index (κ3) is 5.94. The van der Waals surface area contributed by atoms with E-state index in [0.717, 1.165) is 0 Å². The van der Waals surface area contributed by atoms with Gasteiger partial charge >= 0.3 is 6.09 Å². The van der Waals surface area contributed by atoms with Crippen LogP contribution in [0.3, 0.4) is 0 Å². The molecule has 0 saturated heterocycles. The fourth-order valence-corrected chi connectivity index (χ4v) is 1.21. The van der Waals surface area contributed by atoms with Crippen LogP contribution in [0, 0.1) is 0 Å². The van der Waals surface area contributed by atoms with Crippen LogP contribution in [0.2, 0.25) is 0 Å². The first-order valence-electron chi connectivity index (χ1n) is 6.06. The first kappa shape index (κ1) is 15.1. The number of ether oxygens (including phenoxy) is 2. The van der Waals surface area contributed by atoms with E-state index in [0.29, 0.717) is 24.7 Å². The average molecular weight is 267 g/mol. The number of carbonyl (C=O) groups excluding carboxylic acids is 1. The van der Waals surface area contributed by atoms with Gasteiger partial charge in [0, 0.05) is 7.05 Å². The van der Waals surface area contributed by atoms with Crippen molar-refractivity contribution in [1.82, 2.24) is 9.88 Å². The van der Waals surface area contributed by atoms with Crippen LogP contribution in [0.15, 0.2) is 18.3 Å². The maximum Gasteiger partial charge on any atom is 0.410 e. The molecule has 0 aliphatic heterocycles. The largest absolute Gasteiger partial charge is 0.490 e. The van der Waals surface area contributed by atoms with Crippen molar-refractivity contribution in [3.8, 4) is 5.75 Å². The Balaban J connectivity index is 2.32. The fourth-order valence-electron chi connectivity index (χ4n) is 1.21. The second-order valence-corrected chi connectivity index (χ2v) is 5.17.